The third-order valence-corrected chi connectivity index (χ3v) is 5.13. The lowest BCUT2D eigenvalue weighted by Gasteiger charge is -2.25. The van der Waals surface area contributed by atoms with E-state index in [1.54, 1.807) is 6.07 Å². The second-order valence-electron chi connectivity index (χ2n) is 7.41. The van der Waals surface area contributed by atoms with Gasteiger partial charge in [-0.2, -0.15) is 5.10 Å². The maximum absolute atomic E-state index is 13.6. The number of benzene rings is 2. The monoisotopic (exact) mass is 394 g/mol. The van der Waals surface area contributed by atoms with Gasteiger partial charge in [-0.25, -0.2) is 9.07 Å². The van der Waals surface area contributed by atoms with Crippen molar-refractivity contribution in [2.45, 2.75) is 26.3 Å². The number of carbonyl (C=O) groups is 1. The van der Waals surface area contributed by atoms with Gasteiger partial charge in [-0.15, -0.1) is 0 Å². The van der Waals surface area contributed by atoms with Crippen LogP contribution in [0.2, 0.25) is 0 Å². The second-order valence-corrected chi connectivity index (χ2v) is 7.41. The number of likely N-dealkylation sites (N-methyl/N-ethyl adjacent to an activating group) is 1. The minimum absolute atomic E-state index is 0.0768. The van der Waals surface area contributed by atoms with Crippen molar-refractivity contribution >= 4 is 5.91 Å². The second kappa shape index (κ2) is 9.01. The lowest BCUT2D eigenvalue weighted by Crippen LogP contribution is -2.35. The number of nitrogens with one attached hydrogen (secondary N) is 1. The number of hydrogen-bond acceptors (Lipinski definition) is 3. The average molecular weight is 394 g/mol. The van der Waals surface area contributed by atoms with Crippen LogP contribution in [0.4, 0.5) is 4.39 Å². The number of halogens is 1. The number of carbonyl (C=O) groups excluding carboxylic acids is 1. The number of rotatable bonds is 7. The van der Waals surface area contributed by atoms with Crippen molar-refractivity contribution in [3.05, 3.63) is 82.9 Å². The number of hydrogen-bond donors (Lipinski definition) is 1. The van der Waals surface area contributed by atoms with Gasteiger partial charge in [-0.05, 0) is 57.8 Å². The van der Waals surface area contributed by atoms with Crippen LogP contribution in [0.5, 0.6) is 0 Å². The van der Waals surface area contributed by atoms with Crippen LogP contribution in [0, 0.1) is 19.7 Å². The molecule has 29 heavy (non-hydrogen) atoms. The van der Waals surface area contributed by atoms with Crippen molar-refractivity contribution in [1.82, 2.24) is 20.0 Å². The number of aryl methyl sites for hydroxylation is 1. The highest BCUT2D eigenvalue weighted by Gasteiger charge is 2.19. The molecule has 0 aliphatic carbocycles. The molecule has 0 fully saturated rings. The summed E-state index contributed by atoms with van der Waals surface area (Å²) < 4.78 is 15.5. The van der Waals surface area contributed by atoms with Crippen LogP contribution in [0.3, 0.4) is 0 Å². The van der Waals surface area contributed by atoms with Gasteiger partial charge in [0.1, 0.15) is 5.82 Å². The van der Waals surface area contributed by atoms with Crippen LogP contribution in [0.15, 0.2) is 54.6 Å². The van der Waals surface area contributed by atoms with E-state index in [-0.39, 0.29) is 24.2 Å². The Balaban J connectivity index is 1.70. The zero-order valence-electron chi connectivity index (χ0n) is 17.3. The Morgan fingerprint density at radius 1 is 1.14 bits per heavy atom. The molecule has 1 amide bonds. The molecule has 1 aromatic heterocycles. The summed E-state index contributed by atoms with van der Waals surface area (Å²) in [5.41, 5.74) is 4.53. The van der Waals surface area contributed by atoms with Crippen LogP contribution in [0.25, 0.3) is 5.69 Å². The van der Waals surface area contributed by atoms with Crippen molar-refractivity contribution < 1.29 is 9.18 Å². The number of nitrogens with zero attached hydrogens (tertiary/aromatic N) is 3. The number of amides is 1. The van der Waals surface area contributed by atoms with E-state index in [1.807, 2.05) is 73.9 Å². The largest absolute Gasteiger partial charge is 0.354 e. The van der Waals surface area contributed by atoms with Gasteiger partial charge in [0.05, 0.1) is 23.8 Å². The first kappa shape index (κ1) is 20.7. The highest BCUT2D eigenvalue weighted by Crippen LogP contribution is 2.20. The molecular weight excluding hydrogens is 367 g/mol. The Kier molecular flexibility index (Phi) is 6.44. The summed E-state index contributed by atoms with van der Waals surface area (Å²) >= 11 is 0. The molecule has 6 heteroatoms. The summed E-state index contributed by atoms with van der Waals surface area (Å²) in [5, 5.41) is 7.59. The summed E-state index contributed by atoms with van der Waals surface area (Å²) in [6.45, 7) is 4.30. The van der Waals surface area contributed by atoms with Gasteiger partial charge in [0, 0.05) is 17.8 Å². The predicted molar refractivity (Wildman–Crippen MR) is 113 cm³/mol. The minimum Gasteiger partial charge on any atom is -0.354 e. The van der Waals surface area contributed by atoms with E-state index >= 15 is 0 Å². The van der Waals surface area contributed by atoms with Crippen molar-refractivity contribution in [3.63, 3.8) is 0 Å². The molecule has 0 saturated carbocycles. The Bertz CT molecular complexity index is 982. The van der Waals surface area contributed by atoms with E-state index in [2.05, 4.69) is 10.4 Å². The standard InChI is InChI=1S/C23H27FN4O/c1-16-21(17(2)28(26-16)20-11-6-5-7-12-20)14-23(29)25-15-22(27(3)4)18-9-8-10-19(24)13-18/h5-13,22H,14-15H2,1-4H3,(H,25,29). The van der Waals surface area contributed by atoms with Gasteiger partial charge in [0.15, 0.2) is 0 Å². The first-order valence-electron chi connectivity index (χ1n) is 9.66. The average Bonchev–Trinajstić information content (AvgIpc) is 2.97. The zero-order valence-corrected chi connectivity index (χ0v) is 17.3. The molecule has 3 aromatic rings. The fourth-order valence-electron chi connectivity index (χ4n) is 3.50. The molecule has 0 aliphatic rings. The van der Waals surface area contributed by atoms with Gasteiger partial charge in [-0.3, -0.25) is 4.79 Å². The van der Waals surface area contributed by atoms with Crippen LogP contribution in [-0.2, 0) is 11.2 Å². The first-order valence-corrected chi connectivity index (χ1v) is 9.66. The third-order valence-electron chi connectivity index (χ3n) is 5.13. The molecule has 0 bridgehead atoms. The molecule has 152 valence electrons. The number of aromatic nitrogens is 2. The molecule has 0 spiro atoms. The topological polar surface area (TPSA) is 50.2 Å². The van der Waals surface area contributed by atoms with Gasteiger partial charge < -0.3 is 10.2 Å². The molecule has 0 radical (unpaired) electrons. The Morgan fingerprint density at radius 3 is 2.52 bits per heavy atom. The van der Waals surface area contributed by atoms with Crippen LogP contribution in [-0.4, -0.2) is 41.2 Å². The van der Waals surface area contributed by atoms with Crippen molar-refractivity contribution in [2.24, 2.45) is 0 Å². The van der Waals surface area contributed by atoms with Crippen molar-refractivity contribution in [1.29, 1.82) is 0 Å². The van der Waals surface area contributed by atoms with Gasteiger partial charge in [0.2, 0.25) is 5.91 Å². The van der Waals surface area contributed by atoms with Crippen LogP contribution >= 0.6 is 0 Å². The van der Waals surface area contributed by atoms with Crippen LogP contribution < -0.4 is 5.32 Å². The normalized spacial score (nSPS) is 12.2. The summed E-state index contributed by atoms with van der Waals surface area (Å²) in [5.74, 6) is -0.354. The van der Waals surface area contributed by atoms with E-state index in [0.717, 1.165) is 28.2 Å². The van der Waals surface area contributed by atoms with E-state index < -0.39 is 0 Å². The molecule has 0 saturated heterocycles. The maximum atomic E-state index is 13.6. The lowest BCUT2D eigenvalue weighted by atomic mass is 10.1. The molecule has 5 nitrogen and oxygen atoms in total. The van der Waals surface area contributed by atoms with Crippen LogP contribution in [0.1, 0.15) is 28.6 Å². The van der Waals surface area contributed by atoms with Gasteiger partial charge in [0.25, 0.3) is 0 Å². The summed E-state index contributed by atoms with van der Waals surface area (Å²) in [4.78, 5) is 14.6. The maximum Gasteiger partial charge on any atom is 0.224 e. The summed E-state index contributed by atoms with van der Waals surface area (Å²) in [6, 6.07) is 16.3. The third kappa shape index (κ3) is 4.90. The Hall–Kier alpha value is -2.99. The highest BCUT2D eigenvalue weighted by atomic mass is 19.1. The van der Waals surface area contributed by atoms with Gasteiger partial charge in [-0.1, -0.05) is 30.3 Å². The quantitative estimate of drug-likeness (QED) is 0.666. The molecule has 0 aliphatic heterocycles. The van der Waals surface area contributed by atoms with Crippen molar-refractivity contribution in [3.8, 4) is 5.69 Å². The SMILES string of the molecule is Cc1nn(-c2ccccc2)c(C)c1CC(=O)NCC(c1cccc(F)c1)N(C)C. The van der Waals surface area contributed by atoms with Crippen molar-refractivity contribution in [2.75, 3.05) is 20.6 Å². The fraction of sp³-hybridized carbons (Fsp3) is 0.304. The molecule has 3 rings (SSSR count). The summed E-state index contributed by atoms with van der Waals surface area (Å²) in [7, 11) is 3.83. The molecule has 1 atom stereocenters. The molecule has 2 aromatic carbocycles. The molecule has 1 unspecified atom stereocenters. The van der Waals surface area contributed by atoms with E-state index in [0.29, 0.717) is 6.54 Å². The van der Waals surface area contributed by atoms with E-state index in [1.165, 1.54) is 12.1 Å². The summed E-state index contributed by atoms with van der Waals surface area (Å²) in [6.07, 6.45) is 0.258. The Morgan fingerprint density at radius 2 is 1.86 bits per heavy atom. The lowest BCUT2D eigenvalue weighted by molar-refractivity contribution is -0.120. The smallest absolute Gasteiger partial charge is 0.224 e. The zero-order chi connectivity index (χ0) is 21.0. The van der Waals surface area contributed by atoms with E-state index in [9.17, 15) is 9.18 Å². The van der Waals surface area contributed by atoms with Gasteiger partial charge >= 0.3 is 0 Å². The minimum atomic E-state index is -0.278. The Labute approximate surface area is 171 Å². The molecular formula is C23H27FN4O. The predicted octanol–water partition coefficient (Wildman–Crippen LogP) is 3.59. The molecule has 1 heterocycles. The first-order chi connectivity index (χ1) is 13.9. The fourth-order valence-corrected chi connectivity index (χ4v) is 3.50. The van der Waals surface area contributed by atoms with E-state index in [4.69, 9.17) is 0 Å². The highest BCUT2D eigenvalue weighted by molar-refractivity contribution is 5.79. The number of para-hydroxylation sites is 1. The molecule has 1 N–H and O–H groups in total.